The Balaban J connectivity index is 2.17. The number of aliphatic hydroxyl groups is 1. The van der Waals surface area contributed by atoms with Gasteiger partial charge in [-0.25, -0.2) is 4.68 Å². The van der Waals surface area contributed by atoms with Crippen molar-refractivity contribution in [2.45, 2.75) is 32.9 Å². The highest BCUT2D eigenvalue weighted by atomic mass is 16.5. The van der Waals surface area contributed by atoms with Crippen molar-refractivity contribution in [1.82, 2.24) is 19.6 Å². The molecule has 0 aliphatic heterocycles. The first-order chi connectivity index (χ1) is 11.4. The Morgan fingerprint density at radius 3 is 2.71 bits per heavy atom. The van der Waals surface area contributed by atoms with Gasteiger partial charge in [-0.2, -0.15) is 10.2 Å². The van der Waals surface area contributed by atoms with Gasteiger partial charge in [0, 0.05) is 18.0 Å². The normalized spacial score (nSPS) is 11.7. The molecule has 6 heteroatoms. The smallest absolute Gasteiger partial charge is 0.128 e. The zero-order chi connectivity index (χ0) is 17.3. The summed E-state index contributed by atoms with van der Waals surface area (Å²) in [6.45, 7) is 5.93. The van der Waals surface area contributed by atoms with Gasteiger partial charge in [0.1, 0.15) is 17.1 Å². The molecule has 0 saturated heterocycles. The van der Waals surface area contributed by atoms with Crippen LogP contribution in [0, 0.1) is 6.92 Å². The molecule has 0 saturated carbocycles. The number of hydrogen-bond acceptors (Lipinski definition) is 4. The molecule has 0 unspecified atom stereocenters. The first-order valence-electron chi connectivity index (χ1n) is 7.82. The van der Waals surface area contributed by atoms with E-state index < -0.39 is 5.60 Å². The minimum absolute atomic E-state index is 0.384. The molecule has 0 radical (unpaired) electrons. The summed E-state index contributed by atoms with van der Waals surface area (Å²) in [6, 6.07) is 7.85. The molecule has 3 aromatic rings. The third-order valence-corrected chi connectivity index (χ3v) is 3.65. The standard InChI is InChI=1S/C18H22N4O2/c1-13-6-7-16(24-4)14(10-13)17-15(22-9-5-8-19-22)11-21(20-17)12-18(2,3)23/h5-11,23H,12H2,1-4H3. The van der Waals surface area contributed by atoms with Gasteiger partial charge in [0.25, 0.3) is 0 Å². The van der Waals surface area contributed by atoms with E-state index >= 15 is 0 Å². The lowest BCUT2D eigenvalue weighted by atomic mass is 10.1. The first kappa shape index (κ1) is 16.3. The van der Waals surface area contributed by atoms with E-state index in [1.165, 1.54) is 0 Å². The Bertz CT molecular complexity index is 829. The second-order valence-electron chi connectivity index (χ2n) is 6.53. The van der Waals surface area contributed by atoms with Gasteiger partial charge in [0.15, 0.2) is 0 Å². The van der Waals surface area contributed by atoms with Gasteiger partial charge in [0.2, 0.25) is 0 Å². The summed E-state index contributed by atoms with van der Waals surface area (Å²) in [6.07, 6.45) is 5.49. The maximum Gasteiger partial charge on any atom is 0.128 e. The third kappa shape index (κ3) is 3.33. The molecule has 0 atom stereocenters. The zero-order valence-corrected chi connectivity index (χ0v) is 14.4. The molecule has 0 fully saturated rings. The third-order valence-electron chi connectivity index (χ3n) is 3.65. The summed E-state index contributed by atoms with van der Waals surface area (Å²) in [7, 11) is 1.65. The fraction of sp³-hybridized carbons (Fsp3) is 0.333. The summed E-state index contributed by atoms with van der Waals surface area (Å²) in [4.78, 5) is 0. The van der Waals surface area contributed by atoms with Crippen molar-refractivity contribution in [3.05, 3.63) is 48.4 Å². The first-order valence-corrected chi connectivity index (χ1v) is 7.82. The van der Waals surface area contributed by atoms with Crippen molar-refractivity contribution in [3.8, 4) is 22.7 Å². The SMILES string of the molecule is COc1ccc(C)cc1-c1nn(CC(C)(C)O)cc1-n1cccn1. The Hall–Kier alpha value is -2.60. The van der Waals surface area contributed by atoms with Crippen molar-refractivity contribution < 1.29 is 9.84 Å². The average molecular weight is 326 g/mol. The van der Waals surface area contributed by atoms with Crippen molar-refractivity contribution >= 4 is 0 Å². The molecular formula is C18H22N4O2. The molecule has 0 amide bonds. The van der Waals surface area contributed by atoms with Crippen LogP contribution in [0.4, 0.5) is 0 Å². The van der Waals surface area contributed by atoms with Gasteiger partial charge >= 0.3 is 0 Å². The van der Waals surface area contributed by atoms with Crippen LogP contribution in [0.3, 0.4) is 0 Å². The molecule has 2 aromatic heterocycles. The highest BCUT2D eigenvalue weighted by Gasteiger charge is 2.20. The van der Waals surface area contributed by atoms with Crippen LogP contribution in [-0.4, -0.2) is 37.4 Å². The van der Waals surface area contributed by atoms with E-state index in [9.17, 15) is 5.11 Å². The van der Waals surface area contributed by atoms with E-state index in [-0.39, 0.29) is 0 Å². The van der Waals surface area contributed by atoms with E-state index in [1.54, 1.807) is 36.5 Å². The second-order valence-corrected chi connectivity index (χ2v) is 6.53. The molecule has 2 heterocycles. The van der Waals surface area contributed by atoms with E-state index in [0.717, 1.165) is 28.3 Å². The molecule has 1 N–H and O–H groups in total. The molecule has 3 rings (SSSR count). The van der Waals surface area contributed by atoms with Crippen LogP contribution in [0.2, 0.25) is 0 Å². The summed E-state index contributed by atoms with van der Waals surface area (Å²) in [5, 5.41) is 19.1. The highest BCUT2D eigenvalue weighted by molar-refractivity contribution is 5.74. The Labute approximate surface area is 141 Å². The van der Waals surface area contributed by atoms with E-state index in [4.69, 9.17) is 4.74 Å². The quantitative estimate of drug-likeness (QED) is 0.783. The van der Waals surface area contributed by atoms with Crippen LogP contribution in [0.5, 0.6) is 5.75 Å². The number of benzene rings is 1. The molecule has 6 nitrogen and oxygen atoms in total. The van der Waals surface area contributed by atoms with Gasteiger partial charge in [-0.3, -0.25) is 4.68 Å². The van der Waals surface area contributed by atoms with E-state index in [1.807, 2.05) is 43.6 Å². The van der Waals surface area contributed by atoms with Crippen molar-refractivity contribution in [2.24, 2.45) is 0 Å². The van der Waals surface area contributed by atoms with Gasteiger partial charge in [0.05, 0.1) is 25.5 Å². The lowest BCUT2D eigenvalue weighted by Gasteiger charge is -2.16. The summed E-state index contributed by atoms with van der Waals surface area (Å²) < 4.78 is 9.02. The Kier molecular flexibility index (Phi) is 4.15. The van der Waals surface area contributed by atoms with Gasteiger partial charge in [-0.15, -0.1) is 0 Å². The molecular weight excluding hydrogens is 304 g/mol. The Morgan fingerprint density at radius 1 is 1.29 bits per heavy atom. The largest absolute Gasteiger partial charge is 0.496 e. The predicted octanol–water partition coefficient (Wildman–Crippen LogP) is 2.82. The minimum atomic E-state index is -0.860. The Morgan fingerprint density at radius 2 is 2.08 bits per heavy atom. The molecule has 0 aliphatic carbocycles. The molecule has 0 bridgehead atoms. The van der Waals surface area contributed by atoms with E-state index in [2.05, 4.69) is 10.2 Å². The van der Waals surface area contributed by atoms with Gasteiger partial charge in [-0.1, -0.05) is 11.6 Å². The molecule has 0 aliphatic rings. The maximum atomic E-state index is 10.1. The van der Waals surface area contributed by atoms with Crippen LogP contribution < -0.4 is 4.74 Å². The van der Waals surface area contributed by atoms with Crippen molar-refractivity contribution in [3.63, 3.8) is 0 Å². The predicted molar refractivity (Wildman–Crippen MR) is 92.4 cm³/mol. The number of ether oxygens (including phenoxy) is 1. The highest BCUT2D eigenvalue weighted by Crippen LogP contribution is 2.33. The van der Waals surface area contributed by atoms with Crippen molar-refractivity contribution in [2.75, 3.05) is 7.11 Å². The van der Waals surface area contributed by atoms with Crippen molar-refractivity contribution in [1.29, 1.82) is 0 Å². The summed E-state index contributed by atoms with van der Waals surface area (Å²) in [5.41, 5.74) is 2.77. The molecule has 24 heavy (non-hydrogen) atoms. The number of methoxy groups -OCH3 is 1. The monoisotopic (exact) mass is 326 g/mol. The number of nitrogens with zero attached hydrogens (tertiary/aromatic N) is 4. The van der Waals surface area contributed by atoms with Crippen LogP contribution in [0.1, 0.15) is 19.4 Å². The fourth-order valence-corrected chi connectivity index (χ4v) is 2.67. The van der Waals surface area contributed by atoms with Gasteiger partial charge < -0.3 is 9.84 Å². The molecule has 0 spiro atoms. The molecule has 126 valence electrons. The minimum Gasteiger partial charge on any atom is -0.496 e. The van der Waals surface area contributed by atoms with E-state index in [0.29, 0.717) is 6.54 Å². The fourth-order valence-electron chi connectivity index (χ4n) is 2.67. The lowest BCUT2D eigenvalue weighted by Crippen LogP contribution is -2.26. The lowest BCUT2D eigenvalue weighted by molar-refractivity contribution is 0.0578. The average Bonchev–Trinajstić information content (AvgIpc) is 3.14. The number of hydrogen-bond donors (Lipinski definition) is 1. The number of rotatable bonds is 5. The van der Waals surface area contributed by atoms with Gasteiger partial charge in [-0.05, 0) is 39.0 Å². The van der Waals surface area contributed by atoms with Crippen LogP contribution in [0.15, 0.2) is 42.9 Å². The second kappa shape index (κ2) is 6.13. The number of aromatic nitrogens is 4. The topological polar surface area (TPSA) is 65.1 Å². The van der Waals surface area contributed by atoms with Crippen LogP contribution >= 0.6 is 0 Å². The molecule has 1 aromatic carbocycles. The summed E-state index contributed by atoms with van der Waals surface area (Å²) in [5.74, 6) is 0.752. The number of aryl methyl sites for hydroxylation is 1. The van der Waals surface area contributed by atoms with Crippen LogP contribution in [-0.2, 0) is 6.54 Å². The van der Waals surface area contributed by atoms with Crippen LogP contribution in [0.25, 0.3) is 16.9 Å². The zero-order valence-electron chi connectivity index (χ0n) is 14.4. The summed E-state index contributed by atoms with van der Waals surface area (Å²) >= 11 is 0. The maximum absolute atomic E-state index is 10.1.